The molecule has 0 aliphatic heterocycles. The van der Waals surface area contributed by atoms with Gasteiger partial charge < -0.3 is 10.6 Å². The van der Waals surface area contributed by atoms with Crippen LogP contribution in [0.15, 0.2) is 35.5 Å². The Bertz CT molecular complexity index is 610. The zero-order valence-corrected chi connectivity index (χ0v) is 16.4. The number of halogens is 1. The molecular formula is C16H23IN4S. The lowest BCUT2D eigenvalue weighted by Gasteiger charge is -2.11. The van der Waals surface area contributed by atoms with E-state index in [1.807, 2.05) is 6.20 Å². The third kappa shape index (κ3) is 5.92. The summed E-state index contributed by atoms with van der Waals surface area (Å²) in [6.45, 7) is 5.72. The molecule has 2 aromatic rings. The smallest absolute Gasteiger partial charge is 0.191 e. The fraction of sp³-hybridized carbons (Fsp3) is 0.375. The van der Waals surface area contributed by atoms with Gasteiger partial charge in [-0.3, -0.25) is 4.99 Å². The second-order valence-corrected chi connectivity index (χ2v) is 6.04. The number of guanidine groups is 1. The van der Waals surface area contributed by atoms with Crippen molar-refractivity contribution in [2.45, 2.75) is 33.4 Å². The van der Waals surface area contributed by atoms with Gasteiger partial charge in [0.2, 0.25) is 0 Å². The van der Waals surface area contributed by atoms with Crippen molar-refractivity contribution in [1.82, 2.24) is 15.6 Å². The number of rotatable bonds is 5. The van der Waals surface area contributed by atoms with Crippen molar-refractivity contribution in [2.75, 3.05) is 7.05 Å². The SMILES string of the molecule is CCc1cnc(CNC(=NC)NCc2cccc(C)c2)s1.I. The van der Waals surface area contributed by atoms with Crippen LogP contribution in [0.25, 0.3) is 0 Å². The monoisotopic (exact) mass is 430 g/mol. The minimum Gasteiger partial charge on any atom is -0.352 e. The number of aryl methyl sites for hydroxylation is 2. The van der Waals surface area contributed by atoms with Crippen molar-refractivity contribution in [3.05, 3.63) is 51.5 Å². The molecule has 0 unspecified atom stereocenters. The highest BCUT2D eigenvalue weighted by atomic mass is 127. The summed E-state index contributed by atoms with van der Waals surface area (Å²) in [6, 6.07) is 8.46. The molecule has 1 heterocycles. The van der Waals surface area contributed by atoms with Gasteiger partial charge in [0.05, 0.1) is 6.54 Å². The van der Waals surface area contributed by atoms with Gasteiger partial charge in [-0.05, 0) is 18.9 Å². The molecule has 4 nitrogen and oxygen atoms in total. The maximum absolute atomic E-state index is 4.40. The van der Waals surface area contributed by atoms with E-state index in [1.54, 1.807) is 18.4 Å². The van der Waals surface area contributed by atoms with Crippen LogP contribution in [0.5, 0.6) is 0 Å². The first-order chi connectivity index (χ1) is 10.2. The summed E-state index contributed by atoms with van der Waals surface area (Å²) in [7, 11) is 1.78. The van der Waals surface area contributed by atoms with E-state index >= 15 is 0 Å². The largest absolute Gasteiger partial charge is 0.352 e. The molecule has 2 rings (SSSR count). The molecule has 0 aliphatic carbocycles. The minimum atomic E-state index is 0. The van der Waals surface area contributed by atoms with Gasteiger partial charge in [0.1, 0.15) is 5.01 Å². The molecule has 6 heteroatoms. The Morgan fingerprint density at radius 2 is 2.05 bits per heavy atom. The number of nitrogens with one attached hydrogen (secondary N) is 2. The van der Waals surface area contributed by atoms with Gasteiger partial charge in [-0.2, -0.15) is 0 Å². The first-order valence-electron chi connectivity index (χ1n) is 7.15. The minimum absolute atomic E-state index is 0. The Balaban J connectivity index is 0.00000242. The Labute approximate surface area is 153 Å². The molecule has 0 saturated heterocycles. The highest BCUT2D eigenvalue weighted by molar-refractivity contribution is 14.0. The normalized spacial score (nSPS) is 11.0. The van der Waals surface area contributed by atoms with Crippen LogP contribution in [0, 0.1) is 6.92 Å². The maximum Gasteiger partial charge on any atom is 0.191 e. The molecule has 0 radical (unpaired) electrons. The van der Waals surface area contributed by atoms with Gasteiger partial charge in [-0.15, -0.1) is 35.3 Å². The van der Waals surface area contributed by atoms with E-state index in [2.05, 4.69) is 58.7 Å². The lowest BCUT2D eigenvalue weighted by atomic mass is 10.1. The Hall–Kier alpha value is -1.15. The molecule has 0 aliphatic rings. The van der Waals surface area contributed by atoms with Crippen LogP contribution in [0.2, 0.25) is 0 Å². The van der Waals surface area contributed by atoms with E-state index in [0.717, 1.165) is 23.9 Å². The van der Waals surface area contributed by atoms with Crippen molar-refractivity contribution in [2.24, 2.45) is 4.99 Å². The molecule has 22 heavy (non-hydrogen) atoms. The summed E-state index contributed by atoms with van der Waals surface area (Å²) in [5.74, 6) is 0.796. The molecule has 0 atom stereocenters. The number of hydrogen-bond donors (Lipinski definition) is 2. The van der Waals surface area contributed by atoms with E-state index in [1.165, 1.54) is 16.0 Å². The standard InChI is InChI=1S/C16H22N4S.HI/c1-4-14-10-18-15(21-14)11-20-16(17-3)19-9-13-7-5-6-12(2)8-13;/h5-8,10H,4,9,11H2,1-3H3,(H2,17,19,20);1H. The number of thiazole rings is 1. The molecule has 1 aromatic heterocycles. The second-order valence-electron chi connectivity index (χ2n) is 4.84. The Morgan fingerprint density at radius 1 is 1.27 bits per heavy atom. The molecule has 120 valence electrons. The summed E-state index contributed by atoms with van der Waals surface area (Å²) in [5.41, 5.74) is 2.52. The van der Waals surface area contributed by atoms with Gasteiger partial charge in [0.15, 0.2) is 5.96 Å². The number of aliphatic imine (C=N–C) groups is 1. The van der Waals surface area contributed by atoms with E-state index < -0.39 is 0 Å². The van der Waals surface area contributed by atoms with Crippen LogP contribution in [-0.4, -0.2) is 18.0 Å². The average molecular weight is 430 g/mol. The summed E-state index contributed by atoms with van der Waals surface area (Å²) in [6.07, 6.45) is 2.99. The van der Waals surface area contributed by atoms with Crippen LogP contribution >= 0.6 is 35.3 Å². The molecule has 0 spiro atoms. The van der Waals surface area contributed by atoms with Crippen LogP contribution < -0.4 is 10.6 Å². The predicted molar refractivity (Wildman–Crippen MR) is 105 cm³/mol. The van der Waals surface area contributed by atoms with Crippen LogP contribution in [0.3, 0.4) is 0 Å². The summed E-state index contributed by atoms with van der Waals surface area (Å²) in [5, 5.41) is 7.70. The van der Waals surface area contributed by atoms with Crippen molar-refractivity contribution < 1.29 is 0 Å². The molecule has 1 aromatic carbocycles. The van der Waals surface area contributed by atoms with Gasteiger partial charge in [0, 0.05) is 24.7 Å². The van der Waals surface area contributed by atoms with Gasteiger partial charge in [0.25, 0.3) is 0 Å². The van der Waals surface area contributed by atoms with Crippen molar-refractivity contribution in [1.29, 1.82) is 0 Å². The quantitative estimate of drug-likeness (QED) is 0.434. The van der Waals surface area contributed by atoms with E-state index in [4.69, 9.17) is 0 Å². The Morgan fingerprint density at radius 3 is 2.68 bits per heavy atom. The van der Waals surface area contributed by atoms with Crippen LogP contribution in [0.4, 0.5) is 0 Å². The number of benzene rings is 1. The van der Waals surface area contributed by atoms with E-state index in [0.29, 0.717) is 6.54 Å². The fourth-order valence-electron chi connectivity index (χ4n) is 1.98. The average Bonchev–Trinajstić information content (AvgIpc) is 2.95. The molecular weight excluding hydrogens is 407 g/mol. The highest BCUT2D eigenvalue weighted by Gasteiger charge is 2.03. The van der Waals surface area contributed by atoms with Crippen LogP contribution in [-0.2, 0) is 19.5 Å². The second kappa shape index (κ2) is 9.78. The summed E-state index contributed by atoms with van der Waals surface area (Å²) < 4.78 is 0. The van der Waals surface area contributed by atoms with Crippen molar-refractivity contribution >= 4 is 41.3 Å². The van der Waals surface area contributed by atoms with E-state index in [9.17, 15) is 0 Å². The van der Waals surface area contributed by atoms with Gasteiger partial charge in [-0.1, -0.05) is 36.8 Å². The predicted octanol–water partition coefficient (Wildman–Crippen LogP) is 3.50. The zero-order chi connectivity index (χ0) is 15.1. The summed E-state index contributed by atoms with van der Waals surface area (Å²) >= 11 is 1.75. The van der Waals surface area contributed by atoms with E-state index in [-0.39, 0.29) is 24.0 Å². The maximum atomic E-state index is 4.40. The third-order valence-electron chi connectivity index (χ3n) is 3.12. The highest BCUT2D eigenvalue weighted by Crippen LogP contribution is 2.12. The van der Waals surface area contributed by atoms with Gasteiger partial charge in [-0.25, -0.2) is 4.98 Å². The third-order valence-corrected chi connectivity index (χ3v) is 4.26. The van der Waals surface area contributed by atoms with Crippen molar-refractivity contribution in [3.8, 4) is 0 Å². The van der Waals surface area contributed by atoms with Gasteiger partial charge >= 0.3 is 0 Å². The molecule has 2 N–H and O–H groups in total. The van der Waals surface area contributed by atoms with Crippen molar-refractivity contribution in [3.63, 3.8) is 0 Å². The summed E-state index contributed by atoms with van der Waals surface area (Å²) in [4.78, 5) is 9.95. The lowest BCUT2D eigenvalue weighted by molar-refractivity contribution is 0.804. The molecule has 0 saturated carbocycles. The zero-order valence-electron chi connectivity index (χ0n) is 13.2. The number of hydrogen-bond acceptors (Lipinski definition) is 3. The molecule has 0 amide bonds. The Kier molecular flexibility index (Phi) is 8.40. The lowest BCUT2D eigenvalue weighted by Crippen LogP contribution is -2.36. The number of aromatic nitrogens is 1. The molecule has 0 bridgehead atoms. The first kappa shape index (κ1) is 18.9. The fourth-order valence-corrected chi connectivity index (χ4v) is 2.78. The topological polar surface area (TPSA) is 49.3 Å². The first-order valence-corrected chi connectivity index (χ1v) is 7.96. The van der Waals surface area contributed by atoms with Crippen LogP contribution in [0.1, 0.15) is 27.9 Å². The number of nitrogens with zero attached hydrogens (tertiary/aromatic N) is 2. The molecule has 0 fully saturated rings.